The van der Waals surface area contributed by atoms with Gasteiger partial charge in [0.05, 0.1) is 18.3 Å². The number of hydrogen-bond acceptors (Lipinski definition) is 5. The molecular formula is C14H21N5O. The van der Waals surface area contributed by atoms with E-state index in [1.165, 1.54) is 11.1 Å². The van der Waals surface area contributed by atoms with Crippen LogP contribution in [0.15, 0.2) is 18.2 Å². The van der Waals surface area contributed by atoms with Crippen LogP contribution in [0.25, 0.3) is 5.69 Å². The second kappa shape index (κ2) is 6.58. The van der Waals surface area contributed by atoms with Gasteiger partial charge in [-0.05, 0) is 54.5 Å². The van der Waals surface area contributed by atoms with Gasteiger partial charge in [-0.2, -0.15) is 4.68 Å². The Labute approximate surface area is 119 Å². The number of benzene rings is 1. The summed E-state index contributed by atoms with van der Waals surface area (Å²) in [7, 11) is 1.69. The summed E-state index contributed by atoms with van der Waals surface area (Å²) in [6, 6.07) is 6.27. The molecule has 1 aromatic carbocycles. The third kappa shape index (κ3) is 3.20. The Morgan fingerprint density at radius 3 is 2.80 bits per heavy atom. The predicted molar refractivity (Wildman–Crippen MR) is 76.9 cm³/mol. The molecule has 0 aliphatic heterocycles. The fraction of sp³-hybridized carbons (Fsp3) is 0.500. The summed E-state index contributed by atoms with van der Waals surface area (Å²) in [5, 5.41) is 15.3. The van der Waals surface area contributed by atoms with Gasteiger partial charge in [-0.15, -0.1) is 5.10 Å². The molecule has 20 heavy (non-hydrogen) atoms. The lowest BCUT2D eigenvalue weighted by Crippen LogP contribution is -2.25. The van der Waals surface area contributed by atoms with E-state index in [9.17, 15) is 0 Å². The van der Waals surface area contributed by atoms with Crippen LogP contribution in [0.4, 0.5) is 0 Å². The van der Waals surface area contributed by atoms with Gasteiger partial charge in [-0.3, -0.25) is 0 Å². The predicted octanol–water partition coefficient (Wildman–Crippen LogP) is 1.58. The second-order valence-electron chi connectivity index (χ2n) is 4.89. The van der Waals surface area contributed by atoms with E-state index >= 15 is 0 Å². The number of rotatable bonds is 6. The SMILES string of the molecule is COCCNC(C)c1nnnn1-c1ccc(C)c(C)c1. The summed E-state index contributed by atoms with van der Waals surface area (Å²) in [4.78, 5) is 0. The minimum atomic E-state index is 0.0572. The number of methoxy groups -OCH3 is 1. The number of aromatic nitrogens is 4. The zero-order valence-electron chi connectivity index (χ0n) is 12.4. The van der Waals surface area contributed by atoms with E-state index in [4.69, 9.17) is 4.74 Å². The van der Waals surface area contributed by atoms with Gasteiger partial charge >= 0.3 is 0 Å². The lowest BCUT2D eigenvalue weighted by molar-refractivity contribution is 0.196. The van der Waals surface area contributed by atoms with Crippen LogP contribution in [0, 0.1) is 13.8 Å². The molecule has 0 radical (unpaired) electrons. The maximum Gasteiger partial charge on any atom is 0.173 e. The van der Waals surface area contributed by atoms with Crippen LogP contribution in [0.5, 0.6) is 0 Å². The Balaban J connectivity index is 2.21. The first-order chi connectivity index (χ1) is 9.63. The van der Waals surface area contributed by atoms with Crippen LogP contribution >= 0.6 is 0 Å². The molecule has 1 unspecified atom stereocenters. The monoisotopic (exact) mass is 275 g/mol. The number of hydrogen-bond donors (Lipinski definition) is 1. The van der Waals surface area contributed by atoms with Crippen molar-refractivity contribution >= 4 is 0 Å². The molecule has 0 amide bonds. The highest BCUT2D eigenvalue weighted by Crippen LogP contribution is 2.17. The Morgan fingerprint density at radius 2 is 2.10 bits per heavy atom. The maximum atomic E-state index is 5.03. The molecule has 0 saturated carbocycles. The van der Waals surface area contributed by atoms with Crippen molar-refractivity contribution in [2.24, 2.45) is 0 Å². The number of nitrogens with one attached hydrogen (secondary N) is 1. The van der Waals surface area contributed by atoms with Crippen LogP contribution in [0.2, 0.25) is 0 Å². The van der Waals surface area contributed by atoms with Crippen LogP contribution in [-0.2, 0) is 4.74 Å². The van der Waals surface area contributed by atoms with Gasteiger partial charge in [0.15, 0.2) is 5.82 Å². The zero-order valence-corrected chi connectivity index (χ0v) is 12.4. The first kappa shape index (κ1) is 14.6. The highest BCUT2D eigenvalue weighted by molar-refractivity contribution is 5.39. The van der Waals surface area contributed by atoms with Crippen LogP contribution < -0.4 is 5.32 Å². The van der Waals surface area contributed by atoms with Gasteiger partial charge < -0.3 is 10.1 Å². The molecule has 6 nitrogen and oxygen atoms in total. The Hall–Kier alpha value is -1.79. The summed E-state index contributed by atoms with van der Waals surface area (Å²) < 4.78 is 6.81. The molecule has 0 aliphatic carbocycles. The largest absolute Gasteiger partial charge is 0.383 e. The number of nitrogens with zero attached hydrogens (tertiary/aromatic N) is 4. The Kier molecular flexibility index (Phi) is 4.81. The third-order valence-electron chi connectivity index (χ3n) is 3.37. The number of tetrazole rings is 1. The smallest absolute Gasteiger partial charge is 0.173 e. The molecule has 0 bridgehead atoms. The van der Waals surface area contributed by atoms with E-state index in [1.54, 1.807) is 11.8 Å². The molecule has 2 rings (SSSR count). The minimum absolute atomic E-state index is 0.0572. The quantitative estimate of drug-likeness (QED) is 0.811. The molecule has 2 aromatic rings. The van der Waals surface area contributed by atoms with E-state index in [0.29, 0.717) is 6.61 Å². The summed E-state index contributed by atoms with van der Waals surface area (Å²) in [6.45, 7) is 7.64. The molecule has 0 saturated heterocycles. The first-order valence-corrected chi connectivity index (χ1v) is 6.71. The van der Waals surface area contributed by atoms with Crippen molar-refractivity contribution in [3.8, 4) is 5.69 Å². The topological polar surface area (TPSA) is 64.9 Å². The van der Waals surface area contributed by atoms with Crippen molar-refractivity contribution in [3.05, 3.63) is 35.2 Å². The molecule has 0 fully saturated rings. The summed E-state index contributed by atoms with van der Waals surface area (Å²) >= 11 is 0. The highest BCUT2D eigenvalue weighted by Gasteiger charge is 2.15. The van der Waals surface area contributed by atoms with E-state index in [-0.39, 0.29) is 6.04 Å². The van der Waals surface area contributed by atoms with Gasteiger partial charge in [0.25, 0.3) is 0 Å². The van der Waals surface area contributed by atoms with Gasteiger partial charge in [0.2, 0.25) is 0 Å². The van der Waals surface area contributed by atoms with E-state index in [0.717, 1.165) is 18.1 Å². The number of ether oxygens (including phenoxy) is 1. The van der Waals surface area contributed by atoms with Crippen molar-refractivity contribution in [2.45, 2.75) is 26.8 Å². The minimum Gasteiger partial charge on any atom is -0.383 e. The maximum absolute atomic E-state index is 5.03. The summed E-state index contributed by atoms with van der Waals surface area (Å²) in [5.41, 5.74) is 3.46. The molecule has 6 heteroatoms. The second-order valence-corrected chi connectivity index (χ2v) is 4.89. The van der Waals surface area contributed by atoms with E-state index in [2.05, 4.69) is 46.8 Å². The lowest BCUT2D eigenvalue weighted by Gasteiger charge is -2.13. The van der Waals surface area contributed by atoms with Crippen LogP contribution in [0.1, 0.15) is 29.9 Å². The van der Waals surface area contributed by atoms with Gasteiger partial charge in [-0.1, -0.05) is 6.07 Å². The standard InChI is InChI=1S/C14H21N5O/c1-10-5-6-13(9-11(10)2)19-14(16-17-18-19)12(3)15-7-8-20-4/h5-6,9,12,15H,7-8H2,1-4H3. The van der Waals surface area contributed by atoms with Crippen molar-refractivity contribution in [1.29, 1.82) is 0 Å². The first-order valence-electron chi connectivity index (χ1n) is 6.71. The molecule has 1 aromatic heterocycles. The number of aryl methyl sites for hydroxylation is 2. The molecule has 1 N–H and O–H groups in total. The molecule has 108 valence electrons. The van der Waals surface area contributed by atoms with Crippen molar-refractivity contribution < 1.29 is 4.74 Å². The van der Waals surface area contributed by atoms with Crippen LogP contribution in [-0.4, -0.2) is 40.5 Å². The fourth-order valence-corrected chi connectivity index (χ4v) is 1.97. The van der Waals surface area contributed by atoms with Gasteiger partial charge in [0, 0.05) is 13.7 Å². The van der Waals surface area contributed by atoms with Crippen LogP contribution in [0.3, 0.4) is 0 Å². The molecule has 1 atom stereocenters. The van der Waals surface area contributed by atoms with Gasteiger partial charge in [-0.25, -0.2) is 0 Å². The summed E-state index contributed by atoms with van der Waals surface area (Å²) in [5.74, 6) is 0.796. The molecule has 0 aliphatic rings. The molecule has 0 spiro atoms. The van der Waals surface area contributed by atoms with E-state index in [1.807, 2.05) is 13.0 Å². The zero-order chi connectivity index (χ0) is 14.5. The van der Waals surface area contributed by atoms with E-state index < -0.39 is 0 Å². The average Bonchev–Trinajstić information content (AvgIpc) is 2.91. The van der Waals surface area contributed by atoms with Crippen molar-refractivity contribution in [1.82, 2.24) is 25.5 Å². The Bertz CT molecular complexity index is 566. The summed E-state index contributed by atoms with van der Waals surface area (Å²) in [6.07, 6.45) is 0. The fourth-order valence-electron chi connectivity index (χ4n) is 1.97. The van der Waals surface area contributed by atoms with Crippen molar-refractivity contribution in [2.75, 3.05) is 20.3 Å². The lowest BCUT2D eigenvalue weighted by atomic mass is 10.1. The average molecular weight is 275 g/mol. The highest BCUT2D eigenvalue weighted by atomic mass is 16.5. The molecule has 1 heterocycles. The van der Waals surface area contributed by atoms with Gasteiger partial charge in [0.1, 0.15) is 0 Å². The molecular weight excluding hydrogens is 254 g/mol. The third-order valence-corrected chi connectivity index (χ3v) is 3.37. The van der Waals surface area contributed by atoms with Crippen molar-refractivity contribution in [3.63, 3.8) is 0 Å². The normalized spacial score (nSPS) is 12.6. The Morgan fingerprint density at radius 1 is 1.30 bits per heavy atom.